The number of benzene rings is 3. The first-order chi connectivity index (χ1) is 14.1. The molecule has 4 rings (SSSR count). The number of hydrogen-bond donors (Lipinski definition) is 1. The van der Waals surface area contributed by atoms with Gasteiger partial charge in [0.15, 0.2) is 0 Å². The van der Waals surface area contributed by atoms with Crippen LogP contribution in [0, 0.1) is 0 Å². The van der Waals surface area contributed by atoms with Gasteiger partial charge in [0, 0.05) is 6.42 Å². The molecule has 0 saturated heterocycles. The molecule has 29 heavy (non-hydrogen) atoms. The number of rotatable bonds is 6. The summed E-state index contributed by atoms with van der Waals surface area (Å²) in [5, 5.41) is 2.90. The van der Waals surface area contributed by atoms with Crippen LogP contribution in [-0.4, -0.2) is 28.8 Å². The van der Waals surface area contributed by atoms with Gasteiger partial charge in [0.1, 0.15) is 6.17 Å². The standard InChI is InChI=1S/C24H20N2O3/c27-22(16-18-11-5-2-6-12-18)25-21(15-17-9-3-1-4-10-17)26-23(28)19-13-7-8-14-20(19)24(26)29/h1-14,21H,15-16H2,(H,25,27). The SMILES string of the molecule is O=C(Cc1ccccc1)NC(Cc1ccccc1)N1C(=O)c2ccccc2C1=O. The summed E-state index contributed by atoms with van der Waals surface area (Å²) in [6, 6.07) is 25.6. The van der Waals surface area contributed by atoms with Crippen molar-refractivity contribution in [2.24, 2.45) is 0 Å². The Labute approximate surface area is 169 Å². The lowest BCUT2D eigenvalue weighted by atomic mass is 10.1. The van der Waals surface area contributed by atoms with Crippen LogP contribution in [0.1, 0.15) is 31.8 Å². The number of fused-ring (bicyclic) bond motifs is 1. The maximum Gasteiger partial charge on any atom is 0.263 e. The highest BCUT2D eigenvalue weighted by Crippen LogP contribution is 2.25. The summed E-state index contributed by atoms with van der Waals surface area (Å²) in [6.45, 7) is 0. The Bertz CT molecular complexity index is 1010. The number of carbonyl (C=O) groups excluding carboxylic acids is 3. The Morgan fingerprint density at radius 3 is 1.76 bits per heavy atom. The predicted octanol–water partition coefficient (Wildman–Crippen LogP) is 3.21. The van der Waals surface area contributed by atoms with Crippen molar-refractivity contribution in [3.8, 4) is 0 Å². The van der Waals surface area contributed by atoms with E-state index in [0.717, 1.165) is 11.1 Å². The van der Waals surface area contributed by atoms with Crippen molar-refractivity contribution in [3.63, 3.8) is 0 Å². The van der Waals surface area contributed by atoms with E-state index in [2.05, 4.69) is 5.32 Å². The van der Waals surface area contributed by atoms with Crippen molar-refractivity contribution in [3.05, 3.63) is 107 Å². The topological polar surface area (TPSA) is 66.5 Å². The van der Waals surface area contributed by atoms with E-state index in [-0.39, 0.29) is 24.1 Å². The minimum atomic E-state index is -0.763. The molecule has 1 aliphatic rings. The van der Waals surface area contributed by atoms with Gasteiger partial charge in [-0.05, 0) is 23.3 Å². The van der Waals surface area contributed by atoms with E-state index in [1.807, 2.05) is 60.7 Å². The van der Waals surface area contributed by atoms with Crippen LogP contribution in [0.3, 0.4) is 0 Å². The summed E-state index contributed by atoms with van der Waals surface area (Å²) in [5.41, 5.74) is 2.53. The number of carbonyl (C=O) groups is 3. The van der Waals surface area contributed by atoms with Gasteiger partial charge in [-0.3, -0.25) is 19.3 Å². The third-order valence-electron chi connectivity index (χ3n) is 4.94. The zero-order chi connectivity index (χ0) is 20.2. The Morgan fingerprint density at radius 1 is 0.724 bits per heavy atom. The maximum absolute atomic E-state index is 12.9. The summed E-state index contributed by atoms with van der Waals surface area (Å²) in [5.74, 6) is -1.01. The molecule has 1 heterocycles. The van der Waals surface area contributed by atoms with E-state index < -0.39 is 6.17 Å². The second-order valence-electron chi connectivity index (χ2n) is 6.96. The molecular weight excluding hydrogens is 364 g/mol. The average Bonchev–Trinajstić information content (AvgIpc) is 3.00. The molecule has 0 saturated carbocycles. The molecule has 144 valence electrons. The summed E-state index contributed by atoms with van der Waals surface area (Å²) in [4.78, 5) is 39.7. The lowest BCUT2D eigenvalue weighted by Crippen LogP contribution is -2.52. The molecule has 5 nitrogen and oxygen atoms in total. The van der Waals surface area contributed by atoms with Crippen LogP contribution in [0.5, 0.6) is 0 Å². The molecule has 0 radical (unpaired) electrons. The van der Waals surface area contributed by atoms with E-state index in [1.54, 1.807) is 24.3 Å². The van der Waals surface area contributed by atoms with Crippen molar-refractivity contribution >= 4 is 17.7 Å². The first-order valence-electron chi connectivity index (χ1n) is 9.47. The molecule has 3 amide bonds. The monoisotopic (exact) mass is 384 g/mol. The Kier molecular flexibility index (Phi) is 5.20. The van der Waals surface area contributed by atoms with E-state index in [9.17, 15) is 14.4 Å². The Balaban J connectivity index is 1.60. The molecular formula is C24H20N2O3. The van der Waals surface area contributed by atoms with Crippen molar-refractivity contribution in [2.45, 2.75) is 19.0 Å². The van der Waals surface area contributed by atoms with Gasteiger partial charge in [0.25, 0.3) is 11.8 Å². The molecule has 0 fully saturated rings. The lowest BCUT2D eigenvalue weighted by Gasteiger charge is -2.27. The third kappa shape index (κ3) is 3.94. The molecule has 3 aromatic rings. The minimum absolute atomic E-state index is 0.176. The van der Waals surface area contributed by atoms with Crippen LogP contribution >= 0.6 is 0 Å². The smallest absolute Gasteiger partial charge is 0.263 e. The quantitative estimate of drug-likeness (QED) is 0.664. The summed E-state index contributed by atoms with van der Waals surface area (Å²) in [6.07, 6.45) is -0.247. The zero-order valence-electron chi connectivity index (χ0n) is 15.7. The number of amides is 3. The predicted molar refractivity (Wildman–Crippen MR) is 109 cm³/mol. The van der Waals surface area contributed by atoms with Crippen LogP contribution in [0.25, 0.3) is 0 Å². The highest BCUT2D eigenvalue weighted by atomic mass is 16.2. The van der Waals surface area contributed by atoms with Gasteiger partial charge in [-0.15, -0.1) is 0 Å². The van der Waals surface area contributed by atoms with Gasteiger partial charge < -0.3 is 5.32 Å². The van der Waals surface area contributed by atoms with Crippen LogP contribution in [-0.2, 0) is 17.6 Å². The lowest BCUT2D eigenvalue weighted by molar-refractivity contribution is -0.121. The van der Waals surface area contributed by atoms with Crippen LogP contribution in [0.2, 0.25) is 0 Å². The van der Waals surface area contributed by atoms with Crippen LogP contribution in [0.4, 0.5) is 0 Å². The average molecular weight is 384 g/mol. The molecule has 0 spiro atoms. The highest BCUT2D eigenvalue weighted by Gasteiger charge is 2.40. The van der Waals surface area contributed by atoms with Gasteiger partial charge in [0.2, 0.25) is 5.91 Å². The molecule has 1 aliphatic heterocycles. The van der Waals surface area contributed by atoms with E-state index >= 15 is 0 Å². The fourth-order valence-corrected chi connectivity index (χ4v) is 3.55. The molecule has 1 unspecified atom stereocenters. The van der Waals surface area contributed by atoms with Gasteiger partial charge in [-0.1, -0.05) is 72.8 Å². The largest absolute Gasteiger partial charge is 0.335 e. The summed E-state index contributed by atoms with van der Waals surface area (Å²) < 4.78 is 0. The molecule has 0 aromatic heterocycles. The zero-order valence-corrected chi connectivity index (χ0v) is 15.7. The fourth-order valence-electron chi connectivity index (χ4n) is 3.55. The van der Waals surface area contributed by atoms with Gasteiger partial charge in [0.05, 0.1) is 17.5 Å². The first kappa shape index (κ1) is 18.6. The van der Waals surface area contributed by atoms with Crippen molar-refractivity contribution in [1.82, 2.24) is 10.2 Å². The van der Waals surface area contributed by atoms with Crippen LogP contribution in [0.15, 0.2) is 84.9 Å². The van der Waals surface area contributed by atoms with Crippen LogP contribution < -0.4 is 5.32 Å². The number of nitrogens with one attached hydrogen (secondary N) is 1. The molecule has 0 bridgehead atoms. The minimum Gasteiger partial charge on any atom is -0.335 e. The number of nitrogens with zero attached hydrogens (tertiary/aromatic N) is 1. The van der Waals surface area contributed by atoms with Crippen molar-refractivity contribution in [2.75, 3.05) is 0 Å². The summed E-state index contributed by atoms with van der Waals surface area (Å²) >= 11 is 0. The maximum atomic E-state index is 12.9. The van der Waals surface area contributed by atoms with E-state index in [4.69, 9.17) is 0 Å². The van der Waals surface area contributed by atoms with Gasteiger partial charge in [-0.2, -0.15) is 0 Å². The Hall–Kier alpha value is -3.73. The van der Waals surface area contributed by atoms with Crippen molar-refractivity contribution in [1.29, 1.82) is 0 Å². The molecule has 0 aliphatic carbocycles. The molecule has 5 heteroatoms. The Morgan fingerprint density at radius 2 is 1.21 bits per heavy atom. The highest BCUT2D eigenvalue weighted by molar-refractivity contribution is 6.21. The summed E-state index contributed by atoms with van der Waals surface area (Å²) in [7, 11) is 0. The van der Waals surface area contributed by atoms with Gasteiger partial charge in [-0.25, -0.2) is 0 Å². The second-order valence-corrected chi connectivity index (χ2v) is 6.96. The molecule has 1 N–H and O–H groups in total. The molecule has 1 atom stereocenters. The fraction of sp³-hybridized carbons (Fsp3) is 0.125. The van der Waals surface area contributed by atoms with Gasteiger partial charge >= 0.3 is 0 Å². The first-order valence-corrected chi connectivity index (χ1v) is 9.47. The van der Waals surface area contributed by atoms with E-state index in [1.165, 1.54) is 4.90 Å². The van der Waals surface area contributed by atoms with Crippen molar-refractivity contribution < 1.29 is 14.4 Å². The van der Waals surface area contributed by atoms with E-state index in [0.29, 0.717) is 17.5 Å². The molecule has 3 aromatic carbocycles. The number of imide groups is 1. The third-order valence-corrected chi connectivity index (χ3v) is 4.94. The second kappa shape index (κ2) is 8.10. The normalized spacial score (nSPS) is 13.9. The number of hydrogen-bond acceptors (Lipinski definition) is 3.